The first-order valence-electron chi connectivity index (χ1n) is 8.51. The summed E-state index contributed by atoms with van der Waals surface area (Å²) >= 11 is 0. The molecule has 0 saturated heterocycles. The Hall–Kier alpha value is -2.45. The van der Waals surface area contributed by atoms with Gasteiger partial charge in [-0.1, -0.05) is 18.2 Å². The van der Waals surface area contributed by atoms with Gasteiger partial charge in [-0.3, -0.25) is 0 Å². The molecule has 1 N–H and O–H groups in total. The molecule has 0 radical (unpaired) electrons. The number of hydrogen-bond donors (Lipinski definition) is 1. The van der Waals surface area contributed by atoms with Gasteiger partial charge in [0.15, 0.2) is 16.4 Å². The molecular weight excluding hydrogens is 350 g/mol. The Balaban J connectivity index is 2.03. The number of nitrogens with one attached hydrogen (secondary N) is 1. The van der Waals surface area contributed by atoms with Crippen LogP contribution >= 0.6 is 0 Å². The van der Waals surface area contributed by atoms with Crippen molar-refractivity contribution in [2.45, 2.75) is 29.7 Å². The van der Waals surface area contributed by atoms with Crippen molar-refractivity contribution in [1.82, 2.24) is 19.5 Å². The van der Waals surface area contributed by atoms with E-state index in [4.69, 9.17) is 4.98 Å². The van der Waals surface area contributed by atoms with Gasteiger partial charge in [-0.15, -0.1) is 5.10 Å². The van der Waals surface area contributed by atoms with Crippen LogP contribution in [-0.2, 0) is 22.8 Å². The van der Waals surface area contributed by atoms with E-state index in [2.05, 4.69) is 22.4 Å². The average Bonchev–Trinajstić information content (AvgIpc) is 3.03. The molecule has 3 aromatic rings. The molecule has 0 fully saturated rings. The van der Waals surface area contributed by atoms with Crippen molar-refractivity contribution in [1.29, 1.82) is 0 Å². The third-order valence-corrected chi connectivity index (χ3v) is 6.69. The zero-order chi connectivity index (χ0) is 18.5. The van der Waals surface area contributed by atoms with Gasteiger partial charge in [0.05, 0.1) is 10.6 Å². The fourth-order valence-corrected chi connectivity index (χ4v) is 4.97. The summed E-state index contributed by atoms with van der Waals surface area (Å²) in [6.45, 7) is 3.67. The molecular formula is C18H21N5O2S. The lowest BCUT2D eigenvalue weighted by atomic mass is 10.0. The summed E-state index contributed by atoms with van der Waals surface area (Å²) in [5.74, 6) is 0.320. The van der Waals surface area contributed by atoms with Crippen LogP contribution in [0.4, 0.5) is 5.82 Å². The second-order valence-electron chi connectivity index (χ2n) is 6.59. The molecule has 7 nitrogen and oxygen atoms in total. The van der Waals surface area contributed by atoms with Crippen molar-refractivity contribution in [2.24, 2.45) is 0 Å². The van der Waals surface area contributed by atoms with E-state index in [1.54, 1.807) is 41.9 Å². The second kappa shape index (κ2) is 6.07. The van der Waals surface area contributed by atoms with Gasteiger partial charge in [-0.05, 0) is 26.1 Å². The number of nitrogens with zero attached hydrogens (tertiary/aromatic N) is 4. The van der Waals surface area contributed by atoms with Crippen molar-refractivity contribution >= 4 is 21.3 Å². The van der Waals surface area contributed by atoms with Crippen molar-refractivity contribution in [3.8, 4) is 0 Å². The Kier molecular flexibility index (Phi) is 3.96. The maximum absolute atomic E-state index is 13.3. The van der Waals surface area contributed by atoms with Crippen LogP contribution in [-0.4, -0.2) is 48.6 Å². The molecule has 0 amide bonds. The number of fused-ring (bicyclic) bond motifs is 2. The zero-order valence-corrected chi connectivity index (χ0v) is 15.8. The van der Waals surface area contributed by atoms with Gasteiger partial charge in [-0.2, -0.15) is 0 Å². The molecule has 8 heteroatoms. The molecule has 0 bridgehead atoms. The van der Waals surface area contributed by atoms with E-state index in [0.29, 0.717) is 11.5 Å². The van der Waals surface area contributed by atoms with Crippen LogP contribution in [0.3, 0.4) is 0 Å². The molecule has 136 valence electrons. The van der Waals surface area contributed by atoms with Crippen molar-refractivity contribution < 1.29 is 8.42 Å². The maximum atomic E-state index is 13.3. The van der Waals surface area contributed by atoms with Crippen molar-refractivity contribution in [2.75, 3.05) is 26.0 Å². The topological polar surface area (TPSA) is 79.6 Å². The van der Waals surface area contributed by atoms with E-state index < -0.39 is 9.84 Å². The third-order valence-electron chi connectivity index (χ3n) is 4.88. The lowest BCUT2D eigenvalue weighted by Gasteiger charge is -2.25. The van der Waals surface area contributed by atoms with E-state index in [1.165, 1.54) is 0 Å². The van der Waals surface area contributed by atoms with Gasteiger partial charge in [0, 0.05) is 37.8 Å². The summed E-state index contributed by atoms with van der Waals surface area (Å²) in [7, 11) is 0.00702. The summed E-state index contributed by atoms with van der Waals surface area (Å²) in [4.78, 5) is 7.33. The number of benzene rings is 1. The quantitative estimate of drug-likeness (QED) is 0.758. The van der Waals surface area contributed by atoms with Gasteiger partial charge >= 0.3 is 0 Å². The fraction of sp³-hybridized carbons (Fsp3) is 0.333. The minimum atomic E-state index is -3.74. The Morgan fingerprint density at radius 3 is 2.62 bits per heavy atom. The van der Waals surface area contributed by atoms with E-state index in [-0.39, 0.29) is 9.79 Å². The number of aryl methyl sites for hydroxylation is 1. The number of sulfone groups is 1. The van der Waals surface area contributed by atoms with Crippen LogP contribution in [0.25, 0.3) is 5.65 Å². The number of rotatable bonds is 3. The number of likely N-dealkylation sites (N-methyl/N-ethyl adjacent to an activating group) is 1. The molecule has 1 aliphatic heterocycles. The zero-order valence-electron chi connectivity index (χ0n) is 15.0. The van der Waals surface area contributed by atoms with Crippen molar-refractivity contribution in [3.63, 3.8) is 0 Å². The van der Waals surface area contributed by atoms with Gasteiger partial charge in [0.2, 0.25) is 9.84 Å². The van der Waals surface area contributed by atoms with Crippen LogP contribution in [0.1, 0.15) is 17.0 Å². The highest BCUT2D eigenvalue weighted by atomic mass is 32.2. The standard InChI is InChI=1S/C18H21N5O2S/c1-12-14-11-22(3)10-9-15(14)20-18-16(17(19-2)21-23(12)18)26(24,25)13-7-5-4-6-8-13/h4-8H,9-11H2,1-3H3,(H,19,21). The molecule has 3 heterocycles. The predicted octanol–water partition coefficient (Wildman–Crippen LogP) is 1.90. The molecule has 0 atom stereocenters. The Morgan fingerprint density at radius 2 is 1.92 bits per heavy atom. The molecule has 4 rings (SSSR count). The fourth-order valence-electron chi connectivity index (χ4n) is 3.45. The molecule has 0 spiro atoms. The van der Waals surface area contributed by atoms with Crippen LogP contribution in [0.15, 0.2) is 40.1 Å². The monoisotopic (exact) mass is 371 g/mol. The second-order valence-corrected chi connectivity index (χ2v) is 8.48. The van der Waals surface area contributed by atoms with Crippen LogP contribution in [0, 0.1) is 6.92 Å². The highest BCUT2D eigenvalue weighted by Gasteiger charge is 2.30. The highest BCUT2D eigenvalue weighted by Crippen LogP contribution is 2.32. The van der Waals surface area contributed by atoms with Crippen LogP contribution in [0.5, 0.6) is 0 Å². The molecule has 0 unspecified atom stereocenters. The van der Waals surface area contributed by atoms with E-state index in [0.717, 1.165) is 36.5 Å². The first kappa shape index (κ1) is 17.0. The third kappa shape index (κ3) is 2.48. The van der Waals surface area contributed by atoms with Crippen LogP contribution in [0.2, 0.25) is 0 Å². The minimum Gasteiger partial charge on any atom is -0.370 e. The Labute approximate surface area is 152 Å². The maximum Gasteiger partial charge on any atom is 0.214 e. The largest absolute Gasteiger partial charge is 0.370 e. The van der Waals surface area contributed by atoms with Gasteiger partial charge in [0.25, 0.3) is 0 Å². The van der Waals surface area contributed by atoms with E-state index in [1.807, 2.05) is 6.92 Å². The first-order chi connectivity index (χ1) is 12.4. The highest BCUT2D eigenvalue weighted by molar-refractivity contribution is 7.91. The summed E-state index contributed by atoms with van der Waals surface area (Å²) in [6.07, 6.45) is 0.800. The lowest BCUT2D eigenvalue weighted by molar-refractivity contribution is 0.307. The number of aromatic nitrogens is 3. The molecule has 26 heavy (non-hydrogen) atoms. The average molecular weight is 371 g/mol. The lowest BCUT2D eigenvalue weighted by Crippen LogP contribution is -2.29. The molecule has 1 aromatic carbocycles. The summed E-state index contributed by atoms with van der Waals surface area (Å²) in [5, 5.41) is 7.43. The van der Waals surface area contributed by atoms with Gasteiger partial charge in [0.1, 0.15) is 0 Å². The molecule has 1 aliphatic rings. The summed E-state index contributed by atoms with van der Waals surface area (Å²) in [6, 6.07) is 8.42. The predicted molar refractivity (Wildman–Crippen MR) is 99.2 cm³/mol. The number of hydrogen-bond acceptors (Lipinski definition) is 6. The minimum absolute atomic E-state index is 0.135. The van der Waals surface area contributed by atoms with Crippen LogP contribution < -0.4 is 5.32 Å². The molecule has 2 aromatic heterocycles. The smallest absolute Gasteiger partial charge is 0.214 e. The Bertz CT molecular complexity index is 1090. The van der Waals surface area contributed by atoms with E-state index in [9.17, 15) is 8.42 Å². The Morgan fingerprint density at radius 1 is 1.19 bits per heavy atom. The van der Waals surface area contributed by atoms with Gasteiger partial charge in [-0.25, -0.2) is 17.9 Å². The molecule has 0 saturated carbocycles. The molecule has 0 aliphatic carbocycles. The SMILES string of the molecule is CNc1nn2c(C)c3c(nc2c1S(=O)(=O)c1ccccc1)CCN(C)C3. The van der Waals surface area contributed by atoms with E-state index >= 15 is 0 Å². The van der Waals surface area contributed by atoms with Gasteiger partial charge < -0.3 is 10.2 Å². The normalized spacial score (nSPS) is 15.2. The number of anilines is 1. The van der Waals surface area contributed by atoms with Crippen molar-refractivity contribution in [3.05, 3.63) is 47.3 Å². The first-order valence-corrected chi connectivity index (χ1v) is 9.99. The summed E-state index contributed by atoms with van der Waals surface area (Å²) in [5.41, 5.74) is 3.40. The summed E-state index contributed by atoms with van der Waals surface area (Å²) < 4.78 is 28.2.